The fraction of sp³-hybridized carbons (Fsp3) is 0.385. The molecule has 1 atom stereocenters. The number of amides is 1. The Morgan fingerprint density at radius 2 is 2.21 bits per heavy atom. The molecule has 0 radical (unpaired) electrons. The molecule has 2 N–H and O–H groups in total. The van der Waals surface area contributed by atoms with Crippen LogP contribution in [0.15, 0.2) is 22.7 Å². The number of carbonyl (C=O) groups excluding carboxylic acids is 1. The number of carbonyl (C=O) groups is 2. The molecule has 102 valence electrons. The van der Waals surface area contributed by atoms with Gasteiger partial charge in [0.25, 0.3) is 0 Å². The first-order valence-corrected chi connectivity index (χ1v) is 6.81. The van der Waals surface area contributed by atoms with Crippen LogP contribution in [0.2, 0.25) is 0 Å². The number of hydrogen-bond acceptors (Lipinski definition) is 3. The third-order valence-corrected chi connectivity index (χ3v) is 3.62. The van der Waals surface area contributed by atoms with E-state index in [-0.39, 0.29) is 17.5 Å². The van der Waals surface area contributed by atoms with Crippen LogP contribution in [0.1, 0.15) is 23.7 Å². The molecule has 0 aliphatic carbocycles. The van der Waals surface area contributed by atoms with Gasteiger partial charge in [-0.25, -0.2) is 4.79 Å². The quantitative estimate of drug-likeness (QED) is 0.889. The van der Waals surface area contributed by atoms with E-state index in [1.54, 1.807) is 12.1 Å². The zero-order valence-corrected chi connectivity index (χ0v) is 12.1. The van der Waals surface area contributed by atoms with Gasteiger partial charge in [-0.15, -0.1) is 0 Å². The second-order valence-electron chi connectivity index (χ2n) is 4.60. The van der Waals surface area contributed by atoms with Crippen LogP contribution in [0.5, 0.6) is 0 Å². The Balaban J connectivity index is 2.19. The SMILES string of the molecule is CC(=O)NC1CCN(c2ccc(Br)cc2C(=O)O)C1. The first-order chi connectivity index (χ1) is 8.97. The van der Waals surface area contributed by atoms with Crippen molar-refractivity contribution in [3.8, 4) is 0 Å². The number of halogens is 1. The van der Waals surface area contributed by atoms with Gasteiger partial charge in [-0.2, -0.15) is 0 Å². The van der Waals surface area contributed by atoms with Crippen LogP contribution >= 0.6 is 15.9 Å². The largest absolute Gasteiger partial charge is 0.478 e. The molecule has 1 unspecified atom stereocenters. The monoisotopic (exact) mass is 326 g/mol. The predicted octanol–water partition coefficient (Wildman–Crippen LogP) is 1.86. The van der Waals surface area contributed by atoms with Crippen molar-refractivity contribution in [3.63, 3.8) is 0 Å². The maximum absolute atomic E-state index is 11.3. The van der Waals surface area contributed by atoms with E-state index < -0.39 is 5.97 Å². The molecule has 1 fully saturated rings. The topological polar surface area (TPSA) is 69.6 Å². The molecule has 1 heterocycles. The van der Waals surface area contributed by atoms with Gasteiger partial charge in [0.1, 0.15) is 0 Å². The first-order valence-electron chi connectivity index (χ1n) is 6.02. The van der Waals surface area contributed by atoms with E-state index in [9.17, 15) is 14.7 Å². The number of nitrogens with zero attached hydrogens (tertiary/aromatic N) is 1. The number of nitrogens with one attached hydrogen (secondary N) is 1. The lowest BCUT2D eigenvalue weighted by molar-refractivity contribution is -0.119. The standard InChI is InChI=1S/C13H15BrN2O3/c1-8(17)15-10-4-5-16(7-10)12-3-2-9(14)6-11(12)13(18)19/h2-3,6,10H,4-5,7H2,1H3,(H,15,17)(H,18,19). The highest BCUT2D eigenvalue weighted by atomic mass is 79.9. The molecule has 5 nitrogen and oxygen atoms in total. The van der Waals surface area contributed by atoms with Crippen LogP contribution in [0.4, 0.5) is 5.69 Å². The van der Waals surface area contributed by atoms with Crippen molar-refractivity contribution < 1.29 is 14.7 Å². The molecule has 19 heavy (non-hydrogen) atoms. The number of hydrogen-bond donors (Lipinski definition) is 2. The summed E-state index contributed by atoms with van der Waals surface area (Å²) < 4.78 is 0.742. The molecule has 1 aromatic carbocycles. The van der Waals surface area contributed by atoms with Gasteiger partial charge in [0.05, 0.1) is 11.3 Å². The number of carboxylic acids is 1. The molecular weight excluding hydrogens is 312 g/mol. The van der Waals surface area contributed by atoms with Gasteiger partial charge in [-0.3, -0.25) is 4.79 Å². The summed E-state index contributed by atoms with van der Waals surface area (Å²) in [6.45, 7) is 2.87. The zero-order valence-electron chi connectivity index (χ0n) is 10.5. The summed E-state index contributed by atoms with van der Waals surface area (Å²) in [7, 11) is 0. The van der Waals surface area contributed by atoms with Gasteiger partial charge in [0.15, 0.2) is 0 Å². The Kier molecular flexibility index (Phi) is 4.09. The number of rotatable bonds is 3. The molecule has 1 amide bonds. The van der Waals surface area contributed by atoms with Gasteiger partial charge < -0.3 is 15.3 Å². The predicted molar refractivity (Wildman–Crippen MR) is 75.5 cm³/mol. The molecule has 1 aromatic rings. The Bertz CT molecular complexity index is 519. The minimum absolute atomic E-state index is 0.0545. The van der Waals surface area contributed by atoms with E-state index in [0.29, 0.717) is 12.2 Å². The minimum Gasteiger partial charge on any atom is -0.478 e. The number of anilines is 1. The highest BCUT2D eigenvalue weighted by Crippen LogP contribution is 2.27. The Morgan fingerprint density at radius 3 is 2.84 bits per heavy atom. The van der Waals surface area contributed by atoms with E-state index in [0.717, 1.165) is 17.4 Å². The van der Waals surface area contributed by atoms with Gasteiger partial charge >= 0.3 is 5.97 Å². The fourth-order valence-electron chi connectivity index (χ4n) is 2.34. The second-order valence-corrected chi connectivity index (χ2v) is 5.51. The minimum atomic E-state index is -0.945. The Labute approximate surface area is 119 Å². The Hall–Kier alpha value is -1.56. The summed E-state index contributed by atoms with van der Waals surface area (Å²) in [5.41, 5.74) is 0.974. The van der Waals surface area contributed by atoms with Crippen molar-refractivity contribution in [1.29, 1.82) is 0 Å². The Morgan fingerprint density at radius 1 is 1.47 bits per heavy atom. The normalized spacial score (nSPS) is 18.4. The van der Waals surface area contributed by atoms with Crippen molar-refractivity contribution in [2.75, 3.05) is 18.0 Å². The summed E-state index contributed by atoms with van der Waals surface area (Å²) >= 11 is 3.28. The fourth-order valence-corrected chi connectivity index (χ4v) is 2.70. The summed E-state index contributed by atoms with van der Waals surface area (Å²) in [5, 5.41) is 12.1. The van der Waals surface area contributed by atoms with E-state index >= 15 is 0 Å². The second kappa shape index (κ2) is 5.61. The highest BCUT2D eigenvalue weighted by Gasteiger charge is 2.26. The molecule has 6 heteroatoms. The van der Waals surface area contributed by atoms with Crippen LogP contribution in [0, 0.1) is 0 Å². The van der Waals surface area contributed by atoms with Crippen molar-refractivity contribution in [3.05, 3.63) is 28.2 Å². The van der Waals surface area contributed by atoms with E-state index in [4.69, 9.17) is 0 Å². The van der Waals surface area contributed by atoms with E-state index in [1.807, 2.05) is 11.0 Å². The molecular formula is C13H15BrN2O3. The van der Waals surface area contributed by atoms with Crippen LogP contribution < -0.4 is 10.2 Å². The average molecular weight is 327 g/mol. The molecule has 0 bridgehead atoms. The molecule has 1 aliphatic heterocycles. The van der Waals surface area contributed by atoms with Gasteiger partial charge in [-0.05, 0) is 24.6 Å². The molecule has 0 saturated carbocycles. The molecule has 0 spiro atoms. The molecule has 0 aromatic heterocycles. The third-order valence-electron chi connectivity index (χ3n) is 3.13. The van der Waals surface area contributed by atoms with E-state index in [1.165, 1.54) is 6.92 Å². The number of aromatic carboxylic acids is 1. The number of carboxylic acid groups (broad SMARTS) is 1. The summed E-state index contributed by atoms with van der Waals surface area (Å²) in [4.78, 5) is 24.3. The third kappa shape index (κ3) is 3.26. The van der Waals surface area contributed by atoms with Gasteiger partial charge in [0, 0.05) is 30.5 Å². The van der Waals surface area contributed by atoms with Crippen LogP contribution in [0.3, 0.4) is 0 Å². The lowest BCUT2D eigenvalue weighted by atomic mass is 10.1. The molecule has 1 saturated heterocycles. The molecule has 2 rings (SSSR count). The van der Waals surface area contributed by atoms with E-state index in [2.05, 4.69) is 21.2 Å². The van der Waals surface area contributed by atoms with Crippen molar-refractivity contribution in [2.24, 2.45) is 0 Å². The first kappa shape index (κ1) is 13.9. The summed E-state index contributed by atoms with van der Waals surface area (Å²) in [5.74, 6) is -1.000. The van der Waals surface area contributed by atoms with Gasteiger partial charge in [0.2, 0.25) is 5.91 Å². The number of benzene rings is 1. The van der Waals surface area contributed by atoms with Crippen LogP contribution in [-0.4, -0.2) is 36.1 Å². The maximum atomic E-state index is 11.3. The summed E-state index contributed by atoms with van der Waals surface area (Å²) in [6, 6.07) is 5.31. The van der Waals surface area contributed by atoms with Crippen LogP contribution in [0.25, 0.3) is 0 Å². The lowest BCUT2D eigenvalue weighted by Crippen LogP contribution is -2.35. The lowest BCUT2D eigenvalue weighted by Gasteiger charge is -2.21. The van der Waals surface area contributed by atoms with Crippen molar-refractivity contribution in [2.45, 2.75) is 19.4 Å². The van der Waals surface area contributed by atoms with Crippen molar-refractivity contribution in [1.82, 2.24) is 5.32 Å². The van der Waals surface area contributed by atoms with Crippen molar-refractivity contribution >= 4 is 33.5 Å². The molecule has 1 aliphatic rings. The van der Waals surface area contributed by atoms with Crippen LogP contribution in [-0.2, 0) is 4.79 Å². The van der Waals surface area contributed by atoms with Gasteiger partial charge in [-0.1, -0.05) is 15.9 Å². The summed E-state index contributed by atoms with van der Waals surface area (Å²) in [6.07, 6.45) is 0.828. The maximum Gasteiger partial charge on any atom is 0.337 e. The smallest absolute Gasteiger partial charge is 0.337 e. The average Bonchev–Trinajstić information content (AvgIpc) is 2.76. The highest BCUT2D eigenvalue weighted by molar-refractivity contribution is 9.10. The zero-order chi connectivity index (χ0) is 14.0.